The fourth-order valence-corrected chi connectivity index (χ4v) is 2.75. The van der Waals surface area contributed by atoms with E-state index in [0.717, 1.165) is 11.1 Å². The number of nitrogens with zero attached hydrogens (tertiary/aromatic N) is 1. The molecule has 22 heavy (non-hydrogen) atoms. The van der Waals surface area contributed by atoms with Crippen molar-refractivity contribution in [1.82, 2.24) is 5.43 Å². The highest BCUT2D eigenvalue weighted by molar-refractivity contribution is 7.99. The lowest BCUT2D eigenvalue weighted by molar-refractivity contribution is -0.118. The van der Waals surface area contributed by atoms with Crippen molar-refractivity contribution >= 4 is 35.5 Å². The molecule has 0 bridgehead atoms. The first-order chi connectivity index (χ1) is 10.6. The molecule has 4 nitrogen and oxygen atoms in total. The summed E-state index contributed by atoms with van der Waals surface area (Å²) in [6.45, 7) is 0. The van der Waals surface area contributed by atoms with Gasteiger partial charge in [0.15, 0.2) is 0 Å². The summed E-state index contributed by atoms with van der Waals surface area (Å²) in [7, 11) is 0. The summed E-state index contributed by atoms with van der Waals surface area (Å²) in [6, 6.07) is 14.1. The zero-order chi connectivity index (χ0) is 15.8. The van der Waals surface area contributed by atoms with Crippen molar-refractivity contribution in [1.29, 1.82) is 0 Å². The van der Waals surface area contributed by atoms with Crippen LogP contribution in [0.2, 0.25) is 5.02 Å². The molecule has 0 heterocycles. The van der Waals surface area contributed by atoms with Gasteiger partial charge in [-0.05, 0) is 41.5 Å². The van der Waals surface area contributed by atoms with E-state index in [1.165, 1.54) is 18.0 Å². The number of thioether (sulfide) groups is 1. The number of carbonyl (C=O) groups excluding carboxylic acids is 1. The second-order valence-electron chi connectivity index (χ2n) is 4.47. The van der Waals surface area contributed by atoms with Crippen LogP contribution < -0.4 is 5.43 Å². The Morgan fingerprint density at radius 2 is 1.95 bits per heavy atom. The van der Waals surface area contributed by atoms with E-state index in [0.29, 0.717) is 16.5 Å². The number of hydrogen-bond donors (Lipinski definition) is 2. The van der Waals surface area contributed by atoms with E-state index in [4.69, 9.17) is 16.7 Å². The van der Waals surface area contributed by atoms with Crippen molar-refractivity contribution in [2.45, 2.75) is 5.75 Å². The van der Waals surface area contributed by atoms with E-state index >= 15 is 0 Å². The van der Waals surface area contributed by atoms with Gasteiger partial charge < -0.3 is 5.11 Å². The normalized spacial score (nSPS) is 10.8. The Labute approximate surface area is 138 Å². The number of rotatable bonds is 6. The van der Waals surface area contributed by atoms with Gasteiger partial charge in [0, 0.05) is 10.8 Å². The Morgan fingerprint density at radius 1 is 1.23 bits per heavy atom. The van der Waals surface area contributed by atoms with Gasteiger partial charge in [-0.2, -0.15) is 5.10 Å². The Balaban J connectivity index is 1.72. The number of benzene rings is 2. The number of amides is 1. The molecule has 0 spiro atoms. The molecular weight excluding hydrogens is 320 g/mol. The molecule has 1 amide bonds. The molecule has 0 aliphatic rings. The first-order valence-electron chi connectivity index (χ1n) is 6.57. The van der Waals surface area contributed by atoms with Crippen molar-refractivity contribution < 1.29 is 9.90 Å². The van der Waals surface area contributed by atoms with Crippen LogP contribution in [0, 0.1) is 0 Å². The number of hydrogen-bond acceptors (Lipinski definition) is 4. The highest BCUT2D eigenvalue weighted by Gasteiger charge is 2.03. The Kier molecular flexibility index (Phi) is 6.30. The Bertz CT molecular complexity index is 659. The fourth-order valence-electron chi connectivity index (χ4n) is 1.64. The third-order valence-electron chi connectivity index (χ3n) is 2.74. The molecule has 2 aromatic carbocycles. The van der Waals surface area contributed by atoms with Gasteiger partial charge in [-0.3, -0.25) is 4.79 Å². The molecule has 0 radical (unpaired) electrons. The average Bonchev–Trinajstić information content (AvgIpc) is 2.51. The van der Waals surface area contributed by atoms with Gasteiger partial charge in [0.05, 0.1) is 12.0 Å². The minimum Gasteiger partial charge on any atom is -0.508 e. The lowest BCUT2D eigenvalue weighted by Crippen LogP contribution is -2.19. The third kappa shape index (κ3) is 5.42. The molecule has 0 aromatic heterocycles. The smallest absolute Gasteiger partial charge is 0.250 e. The second kappa shape index (κ2) is 8.46. The van der Waals surface area contributed by atoms with Crippen molar-refractivity contribution in [3.63, 3.8) is 0 Å². The summed E-state index contributed by atoms with van der Waals surface area (Å²) >= 11 is 7.52. The quantitative estimate of drug-likeness (QED) is 0.628. The molecule has 0 saturated carbocycles. The van der Waals surface area contributed by atoms with Gasteiger partial charge in [0.25, 0.3) is 0 Å². The van der Waals surface area contributed by atoms with Gasteiger partial charge >= 0.3 is 0 Å². The minimum absolute atomic E-state index is 0.174. The van der Waals surface area contributed by atoms with E-state index in [-0.39, 0.29) is 11.7 Å². The molecule has 2 aromatic rings. The van der Waals surface area contributed by atoms with E-state index in [1.54, 1.807) is 24.3 Å². The van der Waals surface area contributed by atoms with Gasteiger partial charge in [-0.15, -0.1) is 11.8 Å². The van der Waals surface area contributed by atoms with Crippen LogP contribution in [-0.4, -0.2) is 23.0 Å². The van der Waals surface area contributed by atoms with Gasteiger partial charge in [0.2, 0.25) is 5.91 Å². The predicted molar refractivity (Wildman–Crippen MR) is 91.5 cm³/mol. The van der Waals surface area contributed by atoms with Crippen LogP contribution in [0.5, 0.6) is 5.75 Å². The number of halogens is 1. The fraction of sp³-hybridized carbons (Fsp3) is 0.125. The molecule has 0 fully saturated rings. The van der Waals surface area contributed by atoms with Crippen LogP contribution >= 0.6 is 23.4 Å². The van der Waals surface area contributed by atoms with Crippen molar-refractivity contribution in [3.8, 4) is 5.75 Å². The van der Waals surface area contributed by atoms with Crippen LogP contribution in [-0.2, 0) is 10.5 Å². The summed E-state index contributed by atoms with van der Waals surface area (Å²) in [6.07, 6.45) is 1.52. The minimum atomic E-state index is -0.174. The van der Waals surface area contributed by atoms with Crippen molar-refractivity contribution in [2.24, 2.45) is 5.10 Å². The zero-order valence-corrected chi connectivity index (χ0v) is 13.3. The maximum Gasteiger partial charge on any atom is 0.250 e. The lowest BCUT2D eigenvalue weighted by Gasteiger charge is -2.03. The number of nitrogens with one attached hydrogen (secondary N) is 1. The maximum absolute atomic E-state index is 11.6. The molecular formula is C16H15ClN2O2S. The van der Waals surface area contributed by atoms with E-state index in [9.17, 15) is 4.79 Å². The van der Waals surface area contributed by atoms with Crippen LogP contribution in [0.4, 0.5) is 0 Å². The van der Waals surface area contributed by atoms with Crippen LogP contribution in [0.1, 0.15) is 11.1 Å². The monoisotopic (exact) mass is 334 g/mol. The summed E-state index contributed by atoms with van der Waals surface area (Å²) < 4.78 is 0. The summed E-state index contributed by atoms with van der Waals surface area (Å²) in [5.41, 5.74) is 4.26. The molecule has 0 aliphatic heterocycles. The number of phenolic OH excluding ortho intramolecular Hbond substituents is 1. The van der Waals surface area contributed by atoms with Crippen LogP contribution in [0.3, 0.4) is 0 Å². The molecule has 114 valence electrons. The number of phenols is 1. The number of aromatic hydroxyl groups is 1. The van der Waals surface area contributed by atoms with Crippen molar-refractivity contribution in [2.75, 3.05) is 5.75 Å². The first-order valence-corrected chi connectivity index (χ1v) is 8.10. The highest BCUT2D eigenvalue weighted by atomic mass is 35.5. The molecule has 0 atom stereocenters. The van der Waals surface area contributed by atoms with Gasteiger partial charge in [0.1, 0.15) is 5.75 Å². The standard InChI is InChI=1S/C16H15ClN2O2S/c17-15-4-2-1-3-13(15)10-22-11-16(21)19-18-9-12-5-7-14(20)8-6-12/h1-9,20H,10-11H2,(H,19,21)/b18-9-. The van der Waals surface area contributed by atoms with Gasteiger partial charge in [-0.1, -0.05) is 29.8 Å². The van der Waals surface area contributed by atoms with E-state index in [1.807, 2.05) is 24.3 Å². The molecule has 2 rings (SSSR count). The average molecular weight is 335 g/mol. The molecule has 0 unspecified atom stereocenters. The molecule has 0 saturated heterocycles. The van der Waals surface area contributed by atoms with Crippen LogP contribution in [0.15, 0.2) is 53.6 Å². The summed E-state index contributed by atoms with van der Waals surface area (Å²) in [4.78, 5) is 11.6. The Morgan fingerprint density at radius 3 is 2.68 bits per heavy atom. The second-order valence-corrected chi connectivity index (χ2v) is 5.86. The van der Waals surface area contributed by atoms with E-state index in [2.05, 4.69) is 10.5 Å². The Hall–Kier alpha value is -1.98. The topological polar surface area (TPSA) is 61.7 Å². The first kappa shape index (κ1) is 16.4. The van der Waals surface area contributed by atoms with Crippen LogP contribution in [0.25, 0.3) is 0 Å². The number of carbonyl (C=O) groups is 1. The SMILES string of the molecule is O=C(CSCc1ccccc1Cl)N/N=C\c1ccc(O)cc1. The highest BCUT2D eigenvalue weighted by Crippen LogP contribution is 2.20. The molecule has 0 aliphatic carbocycles. The van der Waals surface area contributed by atoms with E-state index < -0.39 is 0 Å². The maximum atomic E-state index is 11.6. The number of hydrazone groups is 1. The predicted octanol–water partition coefficient (Wildman–Crippen LogP) is 3.43. The van der Waals surface area contributed by atoms with Crippen molar-refractivity contribution in [3.05, 3.63) is 64.7 Å². The third-order valence-corrected chi connectivity index (χ3v) is 4.09. The van der Waals surface area contributed by atoms with Gasteiger partial charge in [-0.25, -0.2) is 5.43 Å². The summed E-state index contributed by atoms with van der Waals surface area (Å²) in [5.74, 6) is 0.997. The molecule has 2 N–H and O–H groups in total. The summed E-state index contributed by atoms with van der Waals surface area (Å²) in [5, 5.41) is 13.7. The largest absolute Gasteiger partial charge is 0.508 e. The lowest BCUT2D eigenvalue weighted by atomic mass is 10.2. The molecule has 6 heteroatoms. The zero-order valence-electron chi connectivity index (χ0n) is 11.7.